The van der Waals surface area contributed by atoms with Crippen LogP contribution in [0.3, 0.4) is 0 Å². The first-order valence-electron chi connectivity index (χ1n) is 13.5. The minimum Gasteiger partial charge on any atom is -0.492 e. The molecule has 1 saturated carbocycles. The lowest BCUT2D eigenvalue weighted by molar-refractivity contribution is 0.0969. The molecule has 3 aromatic carbocycles. The highest BCUT2D eigenvalue weighted by Crippen LogP contribution is 2.32. The first-order valence-corrected chi connectivity index (χ1v) is 15.4. The zero-order valence-electron chi connectivity index (χ0n) is 23.5. The average Bonchev–Trinajstić information content (AvgIpc) is 2.93. The second-order valence-electron chi connectivity index (χ2n) is 10.1. The SMILES string of the molecule is CS(=O)(=O)NC(=O)c1ccc(-c2ccc(OCCNC[C@H](O)c3ccc(N)cc3)cc2)cc1OC1CCCCC1.Cl.Cl. The van der Waals surface area contributed by atoms with Gasteiger partial charge in [0.1, 0.15) is 18.1 Å². The molecule has 230 valence electrons. The summed E-state index contributed by atoms with van der Waals surface area (Å²) in [5, 5.41) is 13.5. The second kappa shape index (κ2) is 16.6. The highest BCUT2D eigenvalue weighted by molar-refractivity contribution is 7.89. The van der Waals surface area contributed by atoms with Crippen LogP contribution in [0.25, 0.3) is 11.1 Å². The molecule has 0 aliphatic heterocycles. The van der Waals surface area contributed by atoms with Gasteiger partial charge in [0.25, 0.3) is 5.91 Å². The number of halogens is 2. The first-order chi connectivity index (χ1) is 19.2. The normalized spacial score (nSPS) is 14.1. The van der Waals surface area contributed by atoms with Gasteiger partial charge < -0.3 is 25.6 Å². The van der Waals surface area contributed by atoms with Crippen LogP contribution in [0.5, 0.6) is 11.5 Å². The van der Waals surface area contributed by atoms with Gasteiger partial charge in [0.2, 0.25) is 10.0 Å². The Labute approximate surface area is 260 Å². The Bertz CT molecular complexity index is 1380. The lowest BCUT2D eigenvalue weighted by Gasteiger charge is -2.24. The number of aliphatic hydroxyl groups excluding tert-OH is 1. The minimum atomic E-state index is -3.71. The third-order valence-electron chi connectivity index (χ3n) is 6.74. The van der Waals surface area contributed by atoms with Crippen molar-refractivity contribution in [2.45, 2.75) is 44.3 Å². The minimum absolute atomic E-state index is 0. The average molecular weight is 641 g/mol. The summed E-state index contributed by atoms with van der Waals surface area (Å²) in [5.74, 6) is 0.365. The predicted octanol–water partition coefficient (Wildman–Crippen LogP) is 4.88. The molecular formula is C30H39Cl2N3O6S. The third-order valence-corrected chi connectivity index (χ3v) is 7.30. The Morgan fingerprint density at radius 3 is 2.26 bits per heavy atom. The van der Waals surface area contributed by atoms with E-state index in [1.54, 1.807) is 30.3 Å². The highest BCUT2D eigenvalue weighted by Gasteiger charge is 2.21. The predicted molar refractivity (Wildman–Crippen MR) is 170 cm³/mol. The summed E-state index contributed by atoms with van der Waals surface area (Å²) < 4.78 is 37.4. The second-order valence-corrected chi connectivity index (χ2v) is 11.8. The van der Waals surface area contributed by atoms with Gasteiger partial charge in [0.05, 0.1) is 24.0 Å². The monoisotopic (exact) mass is 639 g/mol. The van der Waals surface area contributed by atoms with Crippen molar-refractivity contribution in [2.24, 2.45) is 0 Å². The number of hydrogen-bond acceptors (Lipinski definition) is 8. The van der Waals surface area contributed by atoms with Gasteiger partial charge in [-0.2, -0.15) is 0 Å². The van der Waals surface area contributed by atoms with Gasteiger partial charge in [-0.3, -0.25) is 4.79 Å². The standard InChI is InChI=1S/C30H37N3O6S.2ClH/c1-40(36,37)33-30(35)27-16-11-23(19-29(27)39-26-5-3-2-4-6-26)21-9-14-25(15-10-21)38-18-17-32-20-28(34)22-7-12-24(31)13-8-22;;/h7-16,19,26,28,32,34H,2-6,17-18,20,31H2,1H3,(H,33,35);2*1H/t28-;;/m0../s1. The molecule has 12 heteroatoms. The number of sulfonamides is 1. The van der Waals surface area contributed by atoms with E-state index in [9.17, 15) is 18.3 Å². The van der Waals surface area contributed by atoms with E-state index in [-0.39, 0.29) is 36.5 Å². The van der Waals surface area contributed by atoms with Gasteiger partial charge in [-0.15, -0.1) is 24.8 Å². The summed E-state index contributed by atoms with van der Waals surface area (Å²) in [7, 11) is -3.71. The highest BCUT2D eigenvalue weighted by atomic mass is 35.5. The van der Waals surface area contributed by atoms with Crippen LogP contribution in [-0.2, 0) is 10.0 Å². The quantitative estimate of drug-likeness (QED) is 0.162. The van der Waals surface area contributed by atoms with Crippen LogP contribution in [0.1, 0.15) is 54.1 Å². The Hall–Kier alpha value is -3.02. The number of anilines is 1. The molecule has 1 aliphatic rings. The fourth-order valence-electron chi connectivity index (χ4n) is 4.63. The van der Waals surface area contributed by atoms with Gasteiger partial charge in [-0.25, -0.2) is 13.1 Å². The van der Waals surface area contributed by atoms with Crippen LogP contribution in [0.15, 0.2) is 66.7 Å². The van der Waals surface area contributed by atoms with E-state index >= 15 is 0 Å². The van der Waals surface area contributed by atoms with Crippen LogP contribution < -0.4 is 25.2 Å². The van der Waals surface area contributed by atoms with Crippen molar-refractivity contribution in [1.82, 2.24) is 10.0 Å². The van der Waals surface area contributed by atoms with Crippen LogP contribution >= 0.6 is 24.8 Å². The molecule has 1 fully saturated rings. The molecule has 0 saturated heterocycles. The number of amides is 1. The van der Waals surface area contributed by atoms with E-state index in [0.717, 1.165) is 55.1 Å². The summed E-state index contributed by atoms with van der Waals surface area (Å²) in [4.78, 5) is 12.7. The molecule has 0 spiro atoms. The summed E-state index contributed by atoms with van der Waals surface area (Å²) in [6.45, 7) is 1.39. The maximum Gasteiger partial charge on any atom is 0.268 e. The summed E-state index contributed by atoms with van der Waals surface area (Å²) in [6, 6.07) is 19.9. The third kappa shape index (κ3) is 10.7. The van der Waals surface area contributed by atoms with Crippen LogP contribution in [0.4, 0.5) is 5.69 Å². The molecule has 3 aromatic rings. The first kappa shape index (κ1) is 35.2. The number of carbonyl (C=O) groups is 1. The molecule has 42 heavy (non-hydrogen) atoms. The van der Waals surface area contributed by atoms with Gasteiger partial charge >= 0.3 is 0 Å². The molecule has 1 aliphatic carbocycles. The number of carbonyl (C=O) groups excluding carboxylic acids is 1. The maximum absolute atomic E-state index is 12.7. The van der Waals surface area contributed by atoms with E-state index in [0.29, 0.717) is 36.9 Å². The molecule has 0 unspecified atom stereocenters. The molecule has 1 atom stereocenters. The fourth-order valence-corrected chi connectivity index (χ4v) is 5.08. The zero-order chi connectivity index (χ0) is 28.5. The number of rotatable bonds is 12. The number of aliphatic hydroxyl groups is 1. The lowest BCUT2D eigenvalue weighted by Crippen LogP contribution is -2.30. The Morgan fingerprint density at radius 2 is 1.62 bits per heavy atom. The van der Waals surface area contributed by atoms with Crippen molar-refractivity contribution in [3.8, 4) is 22.6 Å². The van der Waals surface area contributed by atoms with Crippen LogP contribution in [0.2, 0.25) is 0 Å². The summed E-state index contributed by atoms with van der Waals surface area (Å²) in [5.41, 5.74) is 9.08. The molecule has 0 aromatic heterocycles. The molecule has 0 heterocycles. The van der Waals surface area contributed by atoms with Crippen molar-refractivity contribution in [1.29, 1.82) is 0 Å². The van der Waals surface area contributed by atoms with Crippen molar-refractivity contribution < 1.29 is 27.8 Å². The van der Waals surface area contributed by atoms with Gasteiger partial charge in [-0.05, 0) is 78.8 Å². The Balaban J connectivity index is 0.00000308. The largest absolute Gasteiger partial charge is 0.492 e. The summed E-state index contributed by atoms with van der Waals surface area (Å²) in [6.07, 6.45) is 5.41. The number of hydrogen-bond donors (Lipinski definition) is 4. The Morgan fingerprint density at radius 1 is 0.976 bits per heavy atom. The van der Waals surface area contributed by atoms with Crippen molar-refractivity contribution in [2.75, 3.05) is 31.7 Å². The topological polar surface area (TPSA) is 140 Å². The lowest BCUT2D eigenvalue weighted by atomic mass is 9.97. The van der Waals surface area contributed by atoms with Crippen LogP contribution in [-0.4, -0.2) is 51.5 Å². The van der Waals surface area contributed by atoms with E-state index in [1.165, 1.54) is 0 Å². The van der Waals surface area contributed by atoms with Crippen LogP contribution in [0, 0.1) is 0 Å². The Kier molecular flexibility index (Phi) is 13.9. The van der Waals surface area contributed by atoms with Gasteiger partial charge in [0, 0.05) is 18.8 Å². The molecular weight excluding hydrogens is 601 g/mol. The molecule has 4 rings (SSSR count). The number of benzene rings is 3. The van der Waals surface area contributed by atoms with Gasteiger partial charge in [-0.1, -0.05) is 36.8 Å². The molecule has 5 N–H and O–H groups in total. The maximum atomic E-state index is 12.7. The number of nitrogens with one attached hydrogen (secondary N) is 2. The number of ether oxygens (including phenoxy) is 2. The zero-order valence-corrected chi connectivity index (χ0v) is 25.9. The van der Waals surface area contributed by atoms with Crippen molar-refractivity contribution >= 4 is 46.4 Å². The van der Waals surface area contributed by atoms with E-state index < -0.39 is 22.0 Å². The molecule has 0 bridgehead atoms. The van der Waals surface area contributed by atoms with E-state index in [4.69, 9.17) is 15.2 Å². The molecule has 1 amide bonds. The number of nitrogens with two attached hydrogens (primary N) is 1. The molecule has 0 radical (unpaired) electrons. The summed E-state index contributed by atoms with van der Waals surface area (Å²) >= 11 is 0. The smallest absolute Gasteiger partial charge is 0.268 e. The van der Waals surface area contributed by atoms with E-state index in [2.05, 4.69) is 5.32 Å². The molecule has 9 nitrogen and oxygen atoms in total. The number of nitrogen functional groups attached to an aromatic ring is 1. The van der Waals surface area contributed by atoms with Crippen molar-refractivity contribution in [3.63, 3.8) is 0 Å². The van der Waals surface area contributed by atoms with E-state index in [1.807, 2.05) is 41.1 Å². The van der Waals surface area contributed by atoms with Crippen molar-refractivity contribution in [3.05, 3.63) is 77.9 Å². The fraction of sp³-hybridized carbons (Fsp3) is 0.367. The van der Waals surface area contributed by atoms with Gasteiger partial charge in [0.15, 0.2) is 0 Å².